The van der Waals surface area contributed by atoms with Gasteiger partial charge in [0, 0.05) is 19.1 Å². The highest BCUT2D eigenvalue weighted by Crippen LogP contribution is 2.38. The van der Waals surface area contributed by atoms with Crippen LogP contribution < -0.4 is 5.73 Å². The highest BCUT2D eigenvalue weighted by Gasteiger charge is 2.44. The predicted molar refractivity (Wildman–Crippen MR) is 73.6 cm³/mol. The molecule has 2 N–H and O–H groups in total. The van der Waals surface area contributed by atoms with Crippen LogP contribution in [-0.4, -0.2) is 37.6 Å². The molecule has 0 radical (unpaired) electrons. The van der Waals surface area contributed by atoms with Crippen LogP contribution in [0.15, 0.2) is 0 Å². The molecule has 1 saturated heterocycles. The summed E-state index contributed by atoms with van der Waals surface area (Å²) in [5.41, 5.74) is 6.06. The second-order valence-electron chi connectivity index (χ2n) is 5.94. The van der Waals surface area contributed by atoms with E-state index in [0.29, 0.717) is 36.6 Å². The summed E-state index contributed by atoms with van der Waals surface area (Å²) in [7, 11) is -3.07. The summed E-state index contributed by atoms with van der Waals surface area (Å²) >= 11 is 0. The monoisotopic (exact) mass is 274 g/mol. The quantitative estimate of drug-likeness (QED) is 0.824. The van der Waals surface area contributed by atoms with Gasteiger partial charge < -0.3 is 5.73 Å². The molecule has 106 valence electrons. The van der Waals surface area contributed by atoms with Gasteiger partial charge in [-0.25, -0.2) is 12.7 Å². The Morgan fingerprint density at radius 3 is 2.44 bits per heavy atom. The summed E-state index contributed by atoms with van der Waals surface area (Å²) in [6.07, 6.45) is 4.05. The Morgan fingerprint density at radius 1 is 1.22 bits per heavy atom. The SMILES string of the molecule is CCC(CC)CS(=O)(=O)N1CC2CCC(N)C2C1. The van der Waals surface area contributed by atoms with Crippen LogP contribution in [-0.2, 0) is 10.0 Å². The predicted octanol–water partition coefficient (Wildman–Crippen LogP) is 1.42. The molecule has 1 aliphatic carbocycles. The maximum absolute atomic E-state index is 12.4. The first-order valence-electron chi connectivity index (χ1n) is 7.21. The Kier molecular flexibility index (Phi) is 4.34. The first-order valence-corrected chi connectivity index (χ1v) is 8.82. The van der Waals surface area contributed by atoms with E-state index in [2.05, 4.69) is 13.8 Å². The van der Waals surface area contributed by atoms with E-state index in [-0.39, 0.29) is 6.04 Å². The van der Waals surface area contributed by atoms with E-state index in [1.165, 1.54) is 0 Å². The molecule has 3 unspecified atom stereocenters. The van der Waals surface area contributed by atoms with Gasteiger partial charge in [0.1, 0.15) is 0 Å². The first-order chi connectivity index (χ1) is 8.47. The van der Waals surface area contributed by atoms with E-state index >= 15 is 0 Å². The van der Waals surface area contributed by atoms with Crippen molar-refractivity contribution < 1.29 is 8.42 Å². The maximum atomic E-state index is 12.4. The zero-order valence-corrected chi connectivity index (χ0v) is 12.3. The average molecular weight is 274 g/mol. The van der Waals surface area contributed by atoms with Crippen LogP contribution in [0.1, 0.15) is 39.5 Å². The molecule has 2 fully saturated rings. The van der Waals surface area contributed by atoms with Crippen LogP contribution in [0.2, 0.25) is 0 Å². The number of sulfonamides is 1. The maximum Gasteiger partial charge on any atom is 0.214 e. The number of hydrogen-bond acceptors (Lipinski definition) is 3. The third-order valence-electron chi connectivity index (χ3n) is 4.87. The molecule has 2 rings (SSSR count). The minimum Gasteiger partial charge on any atom is -0.327 e. The van der Waals surface area contributed by atoms with E-state index in [4.69, 9.17) is 5.73 Å². The van der Waals surface area contributed by atoms with Crippen LogP contribution in [0.5, 0.6) is 0 Å². The number of hydrogen-bond donors (Lipinski definition) is 1. The summed E-state index contributed by atoms with van der Waals surface area (Å²) < 4.78 is 26.5. The number of nitrogens with zero attached hydrogens (tertiary/aromatic N) is 1. The highest BCUT2D eigenvalue weighted by molar-refractivity contribution is 7.89. The molecule has 1 aliphatic heterocycles. The molecule has 0 aromatic rings. The van der Waals surface area contributed by atoms with Gasteiger partial charge in [0.05, 0.1) is 5.75 Å². The first kappa shape index (κ1) is 14.3. The van der Waals surface area contributed by atoms with E-state index in [1.807, 2.05) is 0 Å². The fourth-order valence-corrected chi connectivity index (χ4v) is 5.52. The number of nitrogens with two attached hydrogens (primary N) is 1. The Labute approximate surface area is 111 Å². The Balaban J connectivity index is 2.00. The van der Waals surface area contributed by atoms with Crippen molar-refractivity contribution in [3.8, 4) is 0 Å². The van der Waals surface area contributed by atoms with Crippen LogP contribution in [0.25, 0.3) is 0 Å². The molecule has 1 saturated carbocycles. The van der Waals surface area contributed by atoms with Crippen molar-refractivity contribution in [3.63, 3.8) is 0 Å². The molecule has 4 nitrogen and oxygen atoms in total. The fourth-order valence-electron chi connectivity index (χ4n) is 3.42. The van der Waals surface area contributed by atoms with Gasteiger partial charge in [-0.1, -0.05) is 26.7 Å². The van der Waals surface area contributed by atoms with Crippen LogP contribution in [0.4, 0.5) is 0 Å². The third-order valence-corrected chi connectivity index (χ3v) is 6.85. The van der Waals surface area contributed by atoms with E-state index < -0.39 is 10.0 Å². The molecule has 0 aromatic carbocycles. The van der Waals surface area contributed by atoms with Crippen molar-refractivity contribution in [2.24, 2.45) is 23.5 Å². The number of fused-ring (bicyclic) bond motifs is 1. The topological polar surface area (TPSA) is 63.4 Å². The Bertz CT molecular complexity index is 378. The van der Waals surface area contributed by atoms with Gasteiger partial charge in [0.2, 0.25) is 10.0 Å². The molecule has 0 spiro atoms. The minimum atomic E-state index is -3.07. The summed E-state index contributed by atoms with van der Waals surface area (Å²) in [4.78, 5) is 0. The lowest BCUT2D eigenvalue weighted by Gasteiger charge is -2.21. The van der Waals surface area contributed by atoms with Gasteiger partial charge in [-0.3, -0.25) is 0 Å². The second kappa shape index (κ2) is 5.47. The molecule has 0 aromatic heterocycles. The zero-order valence-electron chi connectivity index (χ0n) is 11.5. The van der Waals surface area contributed by atoms with E-state index in [1.54, 1.807) is 4.31 Å². The largest absolute Gasteiger partial charge is 0.327 e. The summed E-state index contributed by atoms with van der Waals surface area (Å²) in [6.45, 7) is 5.51. The molecule has 0 amide bonds. The van der Waals surface area contributed by atoms with Crippen molar-refractivity contribution in [1.29, 1.82) is 0 Å². The molecular formula is C13H26N2O2S. The van der Waals surface area contributed by atoms with Crippen LogP contribution >= 0.6 is 0 Å². The molecule has 2 aliphatic rings. The lowest BCUT2D eigenvalue weighted by molar-refractivity contribution is 0.418. The smallest absolute Gasteiger partial charge is 0.214 e. The third kappa shape index (κ3) is 2.73. The van der Waals surface area contributed by atoms with E-state index in [9.17, 15) is 8.42 Å². The minimum absolute atomic E-state index is 0.211. The Hall–Kier alpha value is -0.130. The van der Waals surface area contributed by atoms with Crippen molar-refractivity contribution in [3.05, 3.63) is 0 Å². The van der Waals surface area contributed by atoms with Gasteiger partial charge in [-0.15, -0.1) is 0 Å². The van der Waals surface area contributed by atoms with Crippen molar-refractivity contribution in [2.75, 3.05) is 18.8 Å². The van der Waals surface area contributed by atoms with Crippen LogP contribution in [0, 0.1) is 17.8 Å². The summed E-state index contributed by atoms with van der Waals surface area (Å²) in [6, 6.07) is 0.211. The highest BCUT2D eigenvalue weighted by atomic mass is 32.2. The van der Waals surface area contributed by atoms with Crippen molar-refractivity contribution in [1.82, 2.24) is 4.31 Å². The number of rotatable bonds is 5. The van der Waals surface area contributed by atoms with Crippen LogP contribution in [0.3, 0.4) is 0 Å². The van der Waals surface area contributed by atoms with Gasteiger partial charge >= 0.3 is 0 Å². The van der Waals surface area contributed by atoms with Crippen molar-refractivity contribution in [2.45, 2.75) is 45.6 Å². The van der Waals surface area contributed by atoms with Gasteiger partial charge in [-0.05, 0) is 30.6 Å². The van der Waals surface area contributed by atoms with Crippen molar-refractivity contribution >= 4 is 10.0 Å². The molecule has 18 heavy (non-hydrogen) atoms. The average Bonchev–Trinajstić information content (AvgIpc) is 2.89. The van der Waals surface area contributed by atoms with Gasteiger partial charge in [0.25, 0.3) is 0 Å². The molecule has 0 bridgehead atoms. The molecular weight excluding hydrogens is 248 g/mol. The van der Waals surface area contributed by atoms with Gasteiger partial charge in [0.15, 0.2) is 0 Å². The fraction of sp³-hybridized carbons (Fsp3) is 1.00. The lowest BCUT2D eigenvalue weighted by Crippen LogP contribution is -2.36. The van der Waals surface area contributed by atoms with Gasteiger partial charge in [-0.2, -0.15) is 0 Å². The Morgan fingerprint density at radius 2 is 1.89 bits per heavy atom. The molecule has 3 atom stereocenters. The van der Waals surface area contributed by atoms with E-state index in [0.717, 1.165) is 25.7 Å². The standard InChI is InChI=1S/C13H26N2O2S/c1-3-10(4-2)9-18(16,17)15-7-11-5-6-13(14)12(11)8-15/h10-13H,3-9,14H2,1-2H3. The summed E-state index contributed by atoms with van der Waals surface area (Å²) in [5.74, 6) is 1.52. The second-order valence-corrected chi connectivity index (χ2v) is 7.96. The normalized spacial score (nSPS) is 33.2. The molecule has 1 heterocycles. The lowest BCUT2D eigenvalue weighted by atomic mass is 9.98. The zero-order chi connectivity index (χ0) is 13.3. The summed E-state index contributed by atoms with van der Waals surface area (Å²) in [5, 5.41) is 0. The molecule has 5 heteroatoms.